The second-order valence-electron chi connectivity index (χ2n) is 4.92. The van der Waals surface area contributed by atoms with Gasteiger partial charge in [0.05, 0.1) is 10.8 Å². The molecule has 0 aliphatic carbocycles. The normalized spacial score (nSPS) is 20.8. The molecule has 1 fully saturated rings. The molecule has 0 bridgehead atoms. The predicted octanol–water partition coefficient (Wildman–Crippen LogP) is 3.43. The van der Waals surface area contributed by atoms with Crippen LogP contribution in [0.1, 0.15) is 30.4 Å². The van der Waals surface area contributed by atoms with Gasteiger partial charge in [-0.15, -0.1) is 11.8 Å². The molecule has 0 aromatic heterocycles. The third-order valence-corrected chi connectivity index (χ3v) is 4.90. The Hall–Kier alpha value is -1.17. The van der Waals surface area contributed by atoms with Crippen LogP contribution in [0.15, 0.2) is 24.3 Å². The van der Waals surface area contributed by atoms with Crippen molar-refractivity contribution in [2.24, 2.45) is 0 Å². The van der Waals surface area contributed by atoms with Gasteiger partial charge in [-0.25, -0.2) is 0 Å². The molecule has 1 aromatic rings. The summed E-state index contributed by atoms with van der Waals surface area (Å²) in [6, 6.07) is 5.25. The monoisotopic (exact) mass is 303 g/mol. The summed E-state index contributed by atoms with van der Waals surface area (Å²) in [4.78, 5) is 11.4. The summed E-state index contributed by atoms with van der Waals surface area (Å²) in [5.41, 5.74) is 0.236. The number of amides is 1. The van der Waals surface area contributed by atoms with Gasteiger partial charge < -0.3 is 5.32 Å². The minimum absolute atomic E-state index is 0.0214. The first-order chi connectivity index (χ1) is 9.38. The lowest BCUT2D eigenvalue weighted by Gasteiger charge is -2.15. The first-order valence-electron chi connectivity index (χ1n) is 6.44. The first-order valence-corrected chi connectivity index (χ1v) is 7.49. The summed E-state index contributed by atoms with van der Waals surface area (Å²) in [6.07, 6.45) is -3.47. The summed E-state index contributed by atoms with van der Waals surface area (Å²) in [5, 5.41) is 2.75. The largest absolute Gasteiger partial charge is 0.416 e. The molecular weight excluding hydrogens is 287 g/mol. The van der Waals surface area contributed by atoms with Crippen molar-refractivity contribution in [3.8, 4) is 0 Å². The lowest BCUT2D eigenvalue weighted by atomic mass is 10.0. The fourth-order valence-corrected chi connectivity index (χ4v) is 3.32. The molecule has 110 valence electrons. The Kier molecular flexibility index (Phi) is 4.62. The highest BCUT2D eigenvalue weighted by atomic mass is 32.2. The molecule has 0 saturated carbocycles. The van der Waals surface area contributed by atoms with Crippen molar-refractivity contribution in [1.82, 2.24) is 5.32 Å². The number of thioether (sulfide) groups is 1. The minimum Gasteiger partial charge on any atom is -0.355 e. The molecule has 2 rings (SSSR count). The second kappa shape index (κ2) is 6.08. The van der Waals surface area contributed by atoms with Gasteiger partial charge in [-0.2, -0.15) is 13.2 Å². The number of hydrogen-bond donors (Lipinski definition) is 1. The zero-order chi connectivity index (χ0) is 14.8. The SMILES string of the molecule is C[C@@H](CS[C@H]1CCNC1=O)c1ccc(C(F)(F)F)cc1. The van der Waals surface area contributed by atoms with E-state index in [1.807, 2.05) is 6.92 Å². The zero-order valence-corrected chi connectivity index (χ0v) is 11.9. The summed E-state index contributed by atoms with van der Waals surface area (Å²) in [5.74, 6) is 0.911. The summed E-state index contributed by atoms with van der Waals surface area (Å²) < 4.78 is 37.4. The molecule has 1 heterocycles. The number of carbonyl (C=O) groups is 1. The molecule has 0 unspecified atom stereocenters. The number of benzene rings is 1. The third-order valence-electron chi connectivity index (χ3n) is 3.35. The summed E-state index contributed by atoms with van der Waals surface area (Å²) in [7, 11) is 0. The minimum atomic E-state index is -4.29. The second-order valence-corrected chi connectivity index (χ2v) is 6.16. The molecule has 6 heteroatoms. The van der Waals surface area contributed by atoms with E-state index in [-0.39, 0.29) is 17.1 Å². The molecule has 1 aliphatic rings. The topological polar surface area (TPSA) is 29.1 Å². The van der Waals surface area contributed by atoms with E-state index in [0.717, 1.165) is 29.9 Å². The van der Waals surface area contributed by atoms with E-state index in [1.54, 1.807) is 11.8 Å². The highest BCUT2D eigenvalue weighted by Gasteiger charge is 2.30. The Morgan fingerprint density at radius 3 is 2.50 bits per heavy atom. The molecule has 1 aromatic carbocycles. The van der Waals surface area contributed by atoms with Crippen molar-refractivity contribution >= 4 is 17.7 Å². The maximum absolute atomic E-state index is 12.5. The van der Waals surface area contributed by atoms with Crippen LogP contribution in [0.4, 0.5) is 13.2 Å². The Labute approximate surface area is 120 Å². The summed E-state index contributed by atoms with van der Waals surface area (Å²) in [6.45, 7) is 2.67. The fraction of sp³-hybridized carbons (Fsp3) is 0.500. The van der Waals surface area contributed by atoms with Crippen LogP contribution in [0.2, 0.25) is 0 Å². The molecule has 20 heavy (non-hydrogen) atoms. The Morgan fingerprint density at radius 1 is 1.35 bits per heavy atom. The van der Waals surface area contributed by atoms with Crippen LogP contribution in [0.5, 0.6) is 0 Å². The number of halogens is 3. The van der Waals surface area contributed by atoms with Gasteiger partial charge >= 0.3 is 6.18 Å². The lowest BCUT2D eigenvalue weighted by Crippen LogP contribution is -2.21. The Balaban J connectivity index is 1.92. The van der Waals surface area contributed by atoms with Crippen molar-refractivity contribution in [3.05, 3.63) is 35.4 Å². The Morgan fingerprint density at radius 2 is 2.00 bits per heavy atom. The predicted molar refractivity (Wildman–Crippen MR) is 73.7 cm³/mol. The number of nitrogens with one attached hydrogen (secondary N) is 1. The number of rotatable bonds is 4. The quantitative estimate of drug-likeness (QED) is 0.923. The van der Waals surface area contributed by atoms with Crippen LogP contribution in [-0.2, 0) is 11.0 Å². The standard InChI is InChI=1S/C14H16F3NOS/c1-9(8-20-12-6-7-18-13(12)19)10-2-4-11(5-3-10)14(15,16)17/h2-5,9,12H,6-8H2,1H3,(H,18,19)/t9-,12-/m0/s1. The van der Waals surface area contributed by atoms with Crippen LogP contribution in [-0.4, -0.2) is 23.5 Å². The van der Waals surface area contributed by atoms with E-state index in [4.69, 9.17) is 0 Å². The third kappa shape index (κ3) is 3.69. The molecule has 1 N–H and O–H groups in total. The lowest BCUT2D eigenvalue weighted by molar-refractivity contribution is -0.137. The van der Waals surface area contributed by atoms with E-state index < -0.39 is 11.7 Å². The molecule has 1 aliphatic heterocycles. The van der Waals surface area contributed by atoms with Crippen molar-refractivity contribution in [3.63, 3.8) is 0 Å². The van der Waals surface area contributed by atoms with Gasteiger partial charge in [0.25, 0.3) is 0 Å². The number of hydrogen-bond acceptors (Lipinski definition) is 2. The average Bonchev–Trinajstić information content (AvgIpc) is 2.81. The van der Waals surface area contributed by atoms with E-state index in [0.29, 0.717) is 6.54 Å². The highest BCUT2D eigenvalue weighted by molar-refractivity contribution is 8.00. The van der Waals surface area contributed by atoms with Crippen LogP contribution in [0.25, 0.3) is 0 Å². The maximum Gasteiger partial charge on any atom is 0.416 e. The fourth-order valence-electron chi connectivity index (χ4n) is 2.09. The van der Waals surface area contributed by atoms with Crippen LogP contribution < -0.4 is 5.32 Å². The van der Waals surface area contributed by atoms with Crippen LogP contribution in [0, 0.1) is 0 Å². The molecule has 0 radical (unpaired) electrons. The van der Waals surface area contributed by atoms with Crippen LogP contribution in [0.3, 0.4) is 0 Å². The molecule has 0 spiro atoms. The van der Waals surface area contributed by atoms with Gasteiger partial charge in [-0.3, -0.25) is 4.79 Å². The van der Waals surface area contributed by atoms with Crippen molar-refractivity contribution in [2.45, 2.75) is 30.7 Å². The smallest absolute Gasteiger partial charge is 0.355 e. The van der Waals surface area contributed by atoms with Crippen LogP contribution >= 0.6 is 11.8 Å². The van der Waals surface area contributed by atoms with E-state index >= 15 is 0 Å². The maximum atomic E-state index is 12.5. The molecule has 1 saturated heterocycles. The van der Waals surface area contributed by atoms with Crippen molar-refractivity contribution in [1.29, 1.82) is 0 Å². The molecular formula is C14H16F3NOS. The average molecular weight is 303 g/mol. The van der Waals surface area contributed by atoms with Gasteiger partial charge in [0.15, 0.2) is 0 Å². The Bertz CT molecular complexity index is 472. The zero-order valence-electron chi connectivity index (χ0n) is 11.0. The number of carbonyl (C=O) groups excluding carboxylic acids is 1. The van der Waals surface area contributed by atoms with Crippen molar-refractivity contribution < 1.29 is 18.0 Å². The first kappa shape index (κ1) is 15.2. The number of alkyl halides is 3. The van der Waals surface area contributed by atoms with E-state index in [1.165, 1.54) is 12.1 Å². The molecule has 1 amide bonds. The molecule has 2 atom stereocenters. The van der Waals surface area contributed by atoms with Gasteiger partial charge in [0, 0.05) is 12.3 Å². The highest BCUT2D eigenvalue weighted by Crippen LogP contribution is 2.31. The summed E-state index contributed by atoms with van der Waals surface area (Å²) >= 11 is 1.57. The van der Waals surface area contributed by atoms with E-state index in [2.05, 4.69) is 5.32 Å². The van der Waals surface area contributed by atoms with E-state index in [9.17, 15) is 18.0 Å². The molecule has 2 nitrogen and oxygen atoms in total. The van der Waals surface area contributed by atoms with Gasteiger partial charge in [0.2, 0.25) is 5.91 Å². The van der Waals surface area contributed by atoms with Gasteiger partial charge in [-0.05, 0) is 30.0 Å². The van der Waals surface area contributed by atoms with Gasteiger partial charge in [-0.1, -0.05) is 19.1 Å². The van der Waals surface area contributed by atoms with Gasteiger partial charge in [0.1, 0.15) is 0 Å². The van der Waals surface area contributed by atoms with Crippen molar-refractivity contribution in [2.75, 3.05) is 12.3 Å².